The highest BCUT2D eigenvalue weighted by molar-refractivity contribution is 6.22. The molecular formula is C17H18ClFO2. The number of rotatable bonds is 5. The Morgan fingerprint density at radius 3 is 2.52 bits per heavy atom. The van der Waals surface area contributed by atoms with Crippen LogP contribution in [0.5, 0.6) is 11.5 Å². The van der Waals surface area contributed by atoms with E-state index in [0.717, 1.165) is 11.1 Å². The molecule has 1 atom stereocenters. The molecule has 0 heterocycles. The Morgan fingerprint density at radius 1 is 1.14 bits per heavy atom. The van der Waals surface area contributed by atoms with Gasteiger partial charge in [-0.15, -0.1) is 11.6 Å². The van der Waals surface area contributed by atoms with E-state index in [2.05, 4.69) is 0 Å². The second kappa shape index (κ2) is 6.81. The van der Waals surface area contributed by atoms with Gasteiger partial charge in [0.15, 0.2) is 0 Å². The van der Waals surface area contributed by atoms with Crippen molar-refractivity contribution in [1.82, 2.24) is 0 Å². The fourth-order valence-electron chi connectivity index (χ4n) is 2.16. The van der Waals surface area contributed by atoms with Gasteiger partial charge in [-0.1, -0.05) is 23.8 Å². The van der Waals surface area contributed by atoms with Gasteiger partial charge in [0.1, 0.15) is 17.3 Å². The molecule has 0 fully saturated rings. The SMILES string of the molecule is CCOc1ccc(C)cc1C(Cl)c1ccc(OC)cc1F. The lowest BCUT2D eigenvalue weighted by Crippen LogP contribution is -2.03. The third-order valence-corrected chi connectivity index (χ3v) is 3.69. The number of hydrogen-bond acceptors (Lipinski definition) is 2. The molecule has 0 aliphatic rings. The van der Waals surface area contributed by atoms with Gasteiger partial charge < -0.3 is 9.47 Å². The number of alkyl halides is 1. The molecule has 0 amide bonds. The summed E-state index contributed by atoms with van der Waals surface area (Å²) in [6, 6.07) is 10.4. The number of aryl methyl sites for hydroxylation is 1. The molecule has 0 bridgehead atoms. The molecule has 0 aliphatic heterocycles. The predicted molar refractivity (Wildman–Crippen MR) is 83.0 cm³/mol. The third-order valence-electron chi connectivity index (χ3n) is 3.22. The first-order chi connectivity index (χ1) is 10.1. The number of benzene rings is 2. The molecule has 0 saturated carbocycles. The van der Waals surface area contributed by atoms with Gasteiger partial charge in [-0.3, -0.25) is 0 Å². The lowest BCUT2D eigenvalue weighted by atomic mass is 10.0. The first-order valence-electron chi connectivity index (χ1n) is 6.77. The zero-order valence-corrected chi connectivity index (χ0v) is 13.1. The highest BCUT2D eigenvalue weighted by Crippen LogP contribution is 2.37. The Balaban J connectivity index is 2.43. The van der Waals surface area contributed by atoms with E-state index in [0.29, 0.717) is 23.7 Å². The van der Waals surface area contributed by atoms with E-state index in [4.69, 9.17) is 21.1 Å². The van der Waals surface area contributed by atoms with Crippen LogP contribution >= 0.6 is 11.6 Å². The van der Waals surface area contributed by atoms with E-state index < -0.39 is 11.2 Å². The zero-order valence-electron chi connectivity index (χ0n) is 12.3. The van der Waals surface area contributed by atoms with E-state index in [1.807, 2.05) is 32.0 Å². The molecule has 21 heavy (non-hydrogen) atoms. The van der Waals surface area contributed by atoms with Crippen LogP contribution in [0.25, 0.3) is 0 Å². The minimum atomic E-state index is -0.614. The van der Waals surface area contributed by atoms with Gasteiger partial charge >= 0.3 is 0 Å². The van der Waals surface area contributed by atoms with E-state index in [1.54, 1.807) is 12.1 Å². The van der Waals surface area contributed by atoms with Crippen LogP contribution in [-0.4, -0.2) is 13.7 Å². The van der Waals surface area contributed by atoms with Crippen LogP contribution in [0.2, 0.25) is 0 Å². The lowest BCUT2D eigenvalue weighted by molar-refractivity contribution is 0.336. The van der Waals surface area contributed by atoms with Gasteiger partial charge in [0.05, 0.1) is 19.1 Å². The lowest BCUT2D eigenvalue weighted by Gasteiger charge is -2.17. The van der Waals surface area contributed by atoms with Crippen molar-refractivity contribution in [2.24, 2.45) is 0 Å². The van der Waals surface area contributed by atoms with Gasteiger partial charge in [0, 0.05) is 17.2 Å². The summed E-state index contributed by atoms with van der Waals surface area (Å²) in [5.41, 5.74) is 2.22. The summed E-state index contributed by atoms with van der Waals surface area (Å²) in [4.78, 5) is 0. The third kappa shape index (κ3) is 3.48. The standard InChI is InChI=1S/C17H18ClFO2/c1-4-21-16-8-5-11(2)9-14(16)17(18)13-7-6-12(20-3)10-15(13)19/h5-10,17H,4H2,1-3H3. The summed E-state index contributed by atoms with van der Waals surface area (Å²) in [6.45, 7) is 4.40. The molecule has 2 aromatic carbocycles. The molecule has 0 spiro atoms. The monoisotopic (exact) mass is 308 g/mol. The molecule has 0 N–H and O–H groups in total. The average Bonchev–Trinajstić information content (AvgIpc) is 2.48. The molecule has 112 valence electrons. The highest BCUT2D eigenvalue weighted by Gasteiger charge is 2.20. The Kier molecular flexibility index (Phi) is 5.07. The largest absolute Gasteiger partial charge is 0.497 e. The number of ether oxygens (including phenoxy) is 2. The van der Waals surface area contributed by atoms with Crippen LogP contribution in [0.15, 0.2) is 36.4 Å². The second-order valence-corrected chi connectivity index (χ2v) is 5.16. The van der Waals surface area contributed by atoms with Gasteiger partial charge in [-0.25, -0.2) is 4.39 Å². The van der Waals surface area contributed by atoms with Gasteiger partial charge in [-0.05, 0) is 26.0 Å². The maximum atomic E-state index is 14.2. The summed E-state index contributed by atoms with van der Waals surface area (Å²) in [5, 5.41) is -0.614. The van der Waals surface area contributed by atoms with E-state index in [-0.39, 0.29) is 0 Å². The van der Waals surface area contributed by atoms with Crippen LogP contribution in [0.1, 0.15) is 29.0 Å². The summed E-state index contributed by atoms with van der Waals surface area (Å²) < 4.78 is 24.8. The van der Waals surface area contributed by atoms with Crippen molar-refractivity contribution >= 4 is 11.6 Å². The normalized spacial score (nSPS) is 12.0. The molecule has 0 aliphatic carbocycles. The van der Waals surface area contributed by atoms with Crippen LogP contribution in [0.4, 0.5) is 4.39 Å². The van der Waals surface area contributed by atoms with Crippen LogP contribution in [0, 0.1) is 12.7 Å². The van der Waals surface area contributed by atoms with Crippen molar-refractivity contribution in [3.8, 4) is 11.5 Å². The first-order valence-corrected chi connectivity index (χ1v) is 7.21. The number of hydrogen-bond donors (Lipinski definition) is 0. The molecule has 1 unspecified atom stereocenters. The fourth-order valence-corrected chi connectivity index (χ4v) is 2.51. The second-order valence-electron chi connectivity index (χ2n) is 4.72. The quantitative estimate of drug-likeness (QED) is 0.734. The Hall–Kier alpha value is -1.74. The van der Waals surface area contributed by atoms with Crippen molar-refractivity contribution in [3.05, 3.63) is 58.9 Å². The van der Waals surface area contributed by atoms with Crippen LogP contribution in [-0.2, 0) is 0 Å². The molecule has 4 heteroatoms. The molecule has 2 nitrogen and oxygen atoms in total. The van der Waals surface area contributed by atoms with Crippen molar-refractivity contribution < 1.29 is 13.9 Å². The van der Waals surface area contributed by atoms with E-state index in [1.165, 1.54) is 13.2 Å². The topological polar surface area (TPSA) is 18.5 Å². The predicted octanol–water partition coefficient (Wildman–Crippen LogP) is 4.87. The number of methoxy groups -OCH3 is 1. The first kappa shape index (κ1) is 15.6. The van der Waals surface area contributed by atoms with Crippen molar-refractivity contribution in [1.29, 1.82) is 0 Å². The maximum Gasteiger partial charge on any atom is 0.131 e. The smallest absolute Gasteiger partial charge is 0.131 e. The van der Waals surface area contributed by atoms with Crippen molar-refractivity contribution in [2.45, 2.75) is 19.2 Å². The molecule has 0 radical (unpaired) electrons. The van der Waals surface area contributed by atoms with E-state index >= 15 is 0 Å². The minimum absolute atomic E-state index is 0.390. The molecular weight excluding hydrogens is 291 g/mol. The Bertz CT molecular complexity index is 628. The Labute approximate surface area is 129 Å². The maximum absolute atomic E-state index is 14.2. The summed E-state index contributed by atoms with van der Waals surface area (Å²) in [6.07, 6.45) is 0. The average molecular weight is 309 g/mol. The molecule has 0 saturated heterocycles. The van der Waals surface area contributed by atoms with Crippen molar-refractivity contribution in [3.63, 3.8) is 0 Å². The fraction of sp³-hybridized carbons (Fsp3) is 0.294. The van der Waals surface area contributed by atoms with Crippen LogP contribution in [0.3, 0.4) is 0 Å². The van der Waals surface area contributed by atoms with Crippen LogP contribution < -0.4 is 9.47 Å². The molecule has 2 aromatic rings. The Morgan fingerprint density at radius 2 is 1.90 bits per heavy atom. The van der Waals surface area contributed by atoms with Gasteiger partial charge in [0.2, 0.25) is 0 Å². The summed E-state index contributed by atoms with van der Waals surface area (Å²) in [5.74, 6) is 0.756. The molecule has 0 aromatic heterocycles. The summed E-state index contributed by atoms with van der Waals surface area (Å²) in [7, 11) is 1.50. The zero-order chi connectivity index (χ0) is 15.4. The van der Waals surface area contributed by atoms with E-state index in [9.17, 15) is 4.39 Å². The van der Waals surface area contributed by atoms with Crippen molar-refractivity contribution in [2.75, 3.05) is 13.7 Å². The summed E-state index contributed by atoms with van der Waals surface area (Å²) >= 11 is 6.48. The van der Waals surface area contributed by atoms with Gasteiger partial charge in [-0.2, -0.15) is 0 Å². The number of halogens is 2. The highest BCUT2D eigenvalue weighted by atomic mass is 35.5. The van der Waals surface area contributed by atoms with Gasteiger partial charge in [0.25, 0.3) is 0 Å². The molecule has 2 rings (SSSR count). The minimum Gasteiger partial charge on any atom is -0.497 e.